The molecule has 0 saturated carbocycles. The first-order valence-corrected chi connectivity index (χ1v) is 11.5. The van der Waals surface area contributed by atoms with Crippen LogP contribution in [0.5, 0.6) is 5.75 Å². The van der Waals surface area contributed by atoms with Crippen LogP contribution in [-0.4, -0.2) is 43.5 Å². The highest BCUT2D eigenvalue weighted by Crippen LogP contribution is 2.27. The fourth-order valence-corrected chi connectivity index (χ4v) is 4.96. The van der Waals surface area contributed by atoms with Gasteiger partial charge in [0.25, 0.3) is 5.91 Å². The Morgan fingerprint density at radius 2 is 1.87 bits per heavy atom. The second kappa shape index (κ2) is 9.59. The van der Waals surface area contributed by atoms with Gasteiger partial charge in [-0.05, 0) is 80.8 Å². The Kier molecular flexibility index (Phi) is 7.12. The molecular formula is C21H24ClN3O4S. The number of carbonyl (C=O) groups is 1. The molecule has 1 heterocycles. The maximum atomic E-state index is 12.9. The molecule has 1 atom stereocenters. The van der Waals surface area contributed by atoms with E-state index in [9.17, 15) is 13.2 Å². The van der Waals surface area contributed by atoms with Crippen molar-refractivity contribution >= 4 is 33.7 Å². The van der Waals surface area contributed by atoms with Gasteiger partial charge >= 0.3 is 0 Å². The molecule has 2 aromatic rings. The van der Waals surface area contributed by atoms with Crippen LogP contribution in [0.1, 0.15) is 32.3 Å². The van der Waals surface area contributed by atoms with Gasteiger partial charge < -0.3 is 4.74 Å². The van der Waals surface area contributed by atoms with E-state index >= 15 is 0 Å². The van der Waals surface area contributed by atoms with E-state index in [2.05, 4.69) is 10.5 Å². The molecule has 3 rings (SSSR count). The van der Waals surface area contributed by atoms with Crippen LogP contribution in [0.3, 0.4) is 0 Å². The minimum Gasteiger partial charge on any atom is -0.491 e. The van der Waals surface area contributed by atoms with Gasteiger partial charge in [-0.15, -0.1) is 0 Å². The first-order valence-electron chi connectivity index (χ1n) is 9.64. The summed E-state index contributed by atoms with van der Waals surface area (Å²) in [7, 11) is -3.79. The number of carbonyl (C=O) groups excluding carboxylic acids is 1. The summed E-state index contributed by atoms with van der Waals surface area (Å²) in [5.41, 5.74) is 3.24. The predicted molar refractivity (Wildman–Crippen MR) is 116 cm³/mol. The molecule has 1 fully saturated rings. The summed E-state index contributed by atoms with van der Waals surface area (Å²) in [6, 6.07) is 12.4. The molecule has 0 bridgehead atoms. The lowest BCUT2D eigenvalue weighted by Gasteiger charge is -2.22. The lowest BCUT2D eigenvalue weighted by atomic mass is 10.2. The summed E-state index contributed by atoms with van der Waals surface area (Å²) < 4.78 is 32.6. The number of amides is 1. The van der Waals surface area contributed by atoms with Crippen LogP contribution in [-0.2, 0) is 14.8 Å². The first kappa shape index (κ1) is 22.3. The summed E-state index contributed by atoms with van der Waals surface area (Å²) >= 11 is 5.84. The van der Waals surface area contributed by atoms with Gasteiger partial charge in [0.05, 0.1) is 17.2 Å². The van der Waals surface area contributed by atoms with Crippen molar-refractivity contribution in [3.8, 4) is 5.75 Å². The zero-order valence-corrected chi connectivity index (χ0v) is 18.4. The van der Waals surface area contributed by atoms with E-state index in [4.69, 9.17) is 16.3 Å². The number of nitrogens with one attached hydrogen (secondary N) is 1. The van der Waals surface area contributed by atoms with E-state index in [0.29, 0.717) is 17.9 Å². The summed E-state index contributed by atoms with van der Waals surface area (Å²) in [5, 5.41) is 4.42. The van der Waals surface area contributed by atoms with Crippen molar-refractivity contribution in [2.75, 3.05) is 6.54 Å². The number of rotatable bonds is 7. The smallest absolute Gasteiger partial charge is 0.258 e. The van der Waals surface area contributed by atoms with Gasteiger partial charge in [0, 0.05) is 11.6 Å². The summed E-state index contributed by atoms with van der Waals surface area (Å²) in [4.78, 5) is 12.7. The maximum Gasteiger partial charge on any atom is 0.258 e. The number of hydrogen-bond donors (Lipinski definition) is 1. The zero-order chi connectivity index (χ0) is 21.7. The fraction of sp³-hybridized carbons (Fsp3) is 0.333. The highest BCUT2D eigenvalue weighted by atomic mass is 35.5. The van der Waals surface area contributed by atoms with Crippen molar-refractivity contribution in [1.29, 1.82) is 0 Å². The van der Waals surface area contributed by atoms with Crippen LogP contribution in [0.15, 0.2) is 58.5 Å². The molecule has 0 radical (unpaired) electrons. The molecule has 30 heavy (non-hydrogen) atoms. The van der Waals surface area contributed by atoms with E-state index in [1.165, 1.54) is 34.8 Å². The highest BCUT2D eigenvalue weighted by molar-refractivity contribution is 7.89. The average molecular weight is 450 g/mol. The minimum atomic E-state index is -3.79. The van der Waals surface area contributed by atoms with Gasteiger partial charge in [0.2, 0.25) is 10.0 Å². The molecular weight excluding hydrogens is 426 g/mol. The molecule has 0 spiro atoms. The van der Waals surface area contributed by atoms with Crippen LogP contribution < -0.4 is 10.2 Å². The average Bonchev–Trinajstić information content (AvgIpc) is 3.20. The first-order chi connectivity index (χ1) is 14.3. The number of ether oxygens (including phenoxy) is 1. The molecule has 0 unspecified atom stereocenters. The van der Waals surface area contributed by atoms with E-state index in [0.717, 1.165) is 11.3 Å². The van der Waals surface area contributed by atoms with Crippen molar-refractivity contribution in [3.05, 3.63) is 59.1 Å². The normalized spacial score (nSPS) is 17.5. The van der Waals surface area contributed by atoms with Crippen molar-refractivity contribution in [1.82, 2.24) is 9.73 Å². The summed E-state index contributed by atoms with van der Waals surface area (Å²) in [6.45, 7) is 4.18. The molecule has 1 amide bonds. The predicted octanol–water partition coefficient (Wildman–Crippen LogP) is 3.43. The standard InChI is InChI=1S/C21H24ClN3O4S/c1-15(2)29-18-9-5-16(6-10-18)14-23-24-21(26)20-4-3-13-25(20)30(27,28)19-11-7-17(22)8-12-19/h5-12,14-15,20H,3-4,13H2,1-2H3,(H,24,26)/t20-/m1/s1. The van der Waals surface area contributed by atoms with Gasteiger partial charge in [-0.3, -0.25) is 4.79 Å². The molecule has 1 N–H and O–H groups in total. The van der Waals surface area contributed by atoms with Crippen LogP contribution in [0.25, 0.3) is 0 Å². The van der Waals surface area contributed by atoms with Crippen LogP contribution in [0.4, 0.5) is 0 Å². The second-order valence-corrected chi connectivity index (χ2v) is 9.52. The number of hydrogen-bond acceptors (Lipinski definition) is 5. The number of hydrazone groups is 1. The second-order valence-electron chi connectivity index (χ2n) is 7.20. The third-order valence-corrected chi connectivity index (χ3v) is 6.74. The minimum absolute atomic E-state index is 0.0855. The van der Waals surface area contributed by atoms with Crippen molar-refractivity contribution in [3.63, 3.8) is 0 Å². The van der Waals surface area contributed by atoms with E-state index in [-0.39, 0.29) is 17.5 Å². The van der Waals surface area contributed by atoms with Gasteiger partial charge in [-0.2, -0.15) is 9.41 Å². The highest BCUT2D eigenvalue weighted by Gasteiger charge is 2.39. The van der Waals surface area contributed by atoms with Gasteiger partial charge in [-0.25, -0.2) is 13.8 Å². The molecule has 2 aromatic carbocycles. The topological polar surface area (TPSA) is 88.1 Å². The van der Waals surface area contributed by atoms with E-state index in [1.54, 1.807) is 0 Å². The van der Waals surface area contributed by atoms with Crippen molar-refractivity contribution in [2.24, 2.45) is 5.10 Å². The molecule has 0 aromatic heterocycles. The Morgan fingerprint density at radius 1 is 1.20 bits per heavy atom. The number of halogens is 1. The third-order valence-electron chi connectivity index (χ3n) is 4.57. The van der Waals surface area contributed by atoms with E-state index < -0.39 is 22.0 Å². The molecule has 9 heteroatoms. The fourth-order valence-electron chi connectivity index (χ4n) is 3.18. The summed E-state index contributed by atoms with van der Waals surface area (Å²) in [6.07, 6.45) is 2.63. The Labute approximate surface area is 181 Å². The van der Waals surface area contributed by atoms with Crippen molar-refractivity contribution < 1.29 is 17.9 Å². The quantitative estimate of drug-likeness (QED) is 0.518. The molecule has 1 saturated heterocycles. The summed E-state index contributed by atoms with van der Waals surface area (Å²) in [5.74, 6) is 0.293. The molecule has 0 aliphatic carbocycles. The monoisotopic (exact) mass is 449 g/mol. The van der Waals surface area contributed by atoms with Gasteiger partial charge in [0.1, 0.15) is 11.8 Å². The Morgan fingerprint density at radius 3 is 2.50 bits per heavy atom. The van der Waals surface area contributed by atoms with E-state index in [1.807, 2.05) is 38.1 Å². The van der Waals surface area contributed by atoms with Gasteiger partial charge in [0.15, 0.2) is 0 Å². The number of benzene rings is 2. The number of sulfonamides is 1. The lowest BCUT2D eigenvalue weighted by molar-refractivity contribution is -0.124. The molecule has 7 nitrogen and oxygen atoms in total. The van der Waals surface area contributed by atoms with Gasteiger partial charge in [-0.1, -0.05) is 11.6 Å². The molecule has 1 aliphatic heterocycles. The van der Waals surface area contributed by atoms with Crippen molar-refractivity contribution in [2.45, 2.75) is 43.7 Å². The Bertz CT molecular complexity index is 1010. The van der Waals surface area contributed by atoms with Crippen LogP contribution >= 0.6 is 11.6 Å². The Hall–Kier alpha value is -2.42. The maximum absolute atomic E-state index is 12.9. The zero-order valence-electron chi connectivity index (χ0n) is 16.8. The largest absolute Gasteiger partial charge is 0.491 e. The van der Waals surface area contributed by atoms with Crippen LogP contribution in [0.2, 0.25) is 5.02 Å². The SMILES string of the molecule is CC(C)Oc1ccc(C=NNC(=O)[C@H]2CCCN2S(=O)(=O)c2ccc(Cl)cc2)cc1. The van der Waals surface area contributed by atoms with Crippen LogP contribution in [0, 0.1) is 0 Å². The molecule has 1 aliphatic rings. The number of nitrogens with zero attached hydrogens (tertiary/aromatic N) is 2. The molecule has 160 valence electrons. The Balaban J connectivity index is 1.64. The third kappa shape index (κ3) is 5.38. The lowest BCUT2D eigenvalue weighted by Crippen LogP contribution is -2.44.